The maximum atomic E-state index is 11.6. The van der Waals surface area contributed by atoms with E-state index >= 15 is 0 Å². The highest BCUT2D eigenvalue weighted by atomic mass is 16.5. The highest BCUT2D eigenvalue weighted by molar-refractivity contribution is 5.91. The van der Waals surface area contributed by atoms with Gasteiger partial charge in [-0.2, -0.15) is 0 Å². The van der Waals surface area contributed by atoms with Crippen LogP contribution in [0.5, 0.6) is 0 Å². The Morgan fingerprint density at radius 1 is 1.17 bits per heavy atom. The quantitative estimate of drug-likeness (QED) is 0.861. The average molecular weight is 327 g/mol. The van der Waals surface area contributed by atoms with E-state index in [0.717, 1.165) is 37.1 Å². The summed E-state index contributed by atoms with van der Waals surface area (Å²) in [7, 11) is 0. The molecule has 8 nitrogen and oxygen atoms in total. The van der Waals surface area contributed by atoms with Crippen molar-refractivity contribution in [3.05, 3.63) is 35.8 Å². The van der Waals surface area contributed by atoms with Gasteiger partial charge in [0.15, 0.2) is 11.5 Å². The molecule has 0 spiro atoms. The SMILES string of the molecule is O=C(O)c1nc(C2CC2)c(C2CCCO2)nc1Nc1cncnc1. The number of carboxylic acid groups (broad SMARTS) is 1. The summed E-state index contributed by atoms with van der Waals surface area (Å²) in [6, 6.07) is 0. The molecular formula is C16H17N5O3. The van der Waals surface area contributed by atoms with Gasteiger partial charge in [-0.1, -0.05) is 0 Å². The number of carboxylic acids is 1. The van der Waals surface area contributed by atoms with Crippen LogP contribution in [0.1, 0.15) is 59.6 Å². The van der Waals surface area contributed by atoms with E-state index in [1.807, 2.05) is 0 Å². The lowest BCUT2D eigenvalue weighted by atomic mass is 10.1. The van der Waals surface area contributed by atoms with Crippen molar-refractivity contribution < 1.29 is 14.6 Å². The van der Waals surface area contributed by atoms with Crippen molar-refractivity contribution in [3.63, 3.8) is 0 Å². The summed E-state index contributed by atoms with van der Waals surface area (Å²) in [5.41, 5.74) is 2.02. The second-order valence-electron chi connectivity index (χ2n) is 6.02. The molecule has 2 fully saturated rings. The van der Waals surface area contributed by atoms with E-state index in [1.54, 1.807) is 12.4 Å². The Morgan fingerprint density at radius 2 is 1.96 bits per heavy atom. The van der Waals surface area contributed by atoms with Crippen LogP contribution in [0.2, 0.25) is 0 Å². The van der Waals surface area contributed by atoms with Crippen LogP contribution in [0.3, 0.4) is 0 Å². The molecule has 2 N–H and O–H groups in total. The Balaban J connectivity index is 1.78. The lowest BCUT2D eigenvalue weighted by Crippen LogP contribution is -2.15. The Morgan fingerprint density at radius 3 is 2.58 bits per heavy atom. The lowest BCUT2D eigenvalue weighted by Gasteiger charge is -2.17. The molecular weight excluding hydrogens is 310 g/mol. The van der Waals surface area contributed by atoms with Crippen LogP contribution >= 0.6 is 0 Å². The minimum atomic E-state index is -1.11. The van der Waals surface area contributed by atoms with E-state index in [2.05, 4.69) is 25.3 Å². The van der Waals surface area contributed by atoms with Gasteiger partial charge in [0.2, 0.25) is 0 Å². The average Bonchev–Trinajstić information content (AvgIpc) is 3.29. The standard InChI is InChI=1S/C16H17N5O3/c22-16(23)14-15(19-10-6-17-8-18-7-10)21-13(11-2-1-5-24-11)12(20-14)9-3-4-9/h6-9,11H,1-5H2,(H,19,21)(H,22,23). The molecule has 1 aliphatic heterocycles. The smallest absolute Gasteiger partial charge is 0.358 e. The van der Waals surface area contributed by atoms with Gasteiger partial charge in [0.1, 0.15) is 12.4 Å². The monoisotopic (exact) mass is 327 g/mol. The number of aromatic carboxylic acids is 1. The fourth-order valence-corrected chi connectivity index (χ4v) is 2.89. The first kappa shape index (κ1) is 14.9. The zero-order chi connectivity index (χ0) is 16.5. The molecule has 4 rings (SSSR count). The largest absolute Gasteiger partial charge is 0.476 e. The summed E-state index contributed by atoms with van der Waals surface area (Å²) < 4.78 is 5.76. The summed E-state index contributed by atoms with van der Waals surface area (Å²) in [5, 5.41) is 12.5. The minimum Gasteiger partial charge on any atom is -0.476 e. The van der Waals surface area contributed by atoms with Crippen molar-refractivity contribution in [3.8, 4) is 0 Å². The number of hydrogen-bond donors (Lipinski definition) is 2. The molecule has 8 heteroatoms. The zero-order valence-corrected chi connectivity index (χ0v) is 13.0. The normalized spacial score (nSPS) is 20.1. The molecule has 0 aromatic carbocycles. The third-order valence-electron chi connectivity index (χ3n) is 4.18. The predicted molar refractivity (Wildman–Crippen MR) is 84.2 cm³/mol. The number of nitrogens with zero attached hydrogens (tertiary/aromatic N) is 4. The molecule has 2 aromatic rings. The highest BCUT2D eigenvalue weighted by Gasteiger charge is 2.34. The first-order valence-corrected chi connectivity index (χ1v) is 8.01. The fourth-order valence-electron chi connectivity index (χ4n) is 2.89. The minimum absolute atomic E-state index is 0.0810. The molecule has 0 radical (unpaired) electrons. The fraction of sp³-hybridized carbons (Fsp3) is 0.438. The molecule has 2 aromatic heterocycles. The third-order valence-corrected chi connectivity index (χ3v) is 4.18. The van der Waals surface area contributed by atoms with Crippen molar-refractivity contribution in [1.29, 1.82) is 0 Å². The Bertz CT molecular complexity index is 758. The summed E-state index contributed by atoms with van der Waals surface area (Å²) in [6.45, 7) is 0.701. The van der Waals surface area contributed by atoms with Crippen molar-refractivity contribution in [2.45, 2.75) is 37.7 Å². The zero-order valence-electron chi connectivity index (χ0n) is 13.0. The van der Waals surface area contributed by atoms with Gasteiger partial charge in [-0.05, 0) is 25.7 Å². The van der Waals surface area contributed by atoms with Crippen molar-refractivity contribution in [2.75, 3.05) is 11.9 Å². The molecule has 0 amide bonds. The summed E-state index contributed by atoms with van der Waals surface area (Å²) in [6.07, 6.45) is 8.31. The molecule has 3 heterocycles. The lowest BCUT2D eigenvalue weighted by molar-refractivity contribution is 0.0689. The van der Waals surface area contributed by atoms with E-state index in [9.17, 15) is 9.90 Å². The van der Waals surface area contributed by atoms with Gasteiger partial charge in [-0.15, -0.1) is 0 Å². The van der Waals surface area contributed by atoms with Crippen LogP contribution in [0.4, 0.5) is 11.5 Å². The topological polar surface area (TPSA) is 110 Å². The van der Waals surface area contributed by atoms with Crippen LogP contribution in [0.15, 0.2) is 18.7 Å². The molecule has 1 saturated heterocycles. The number of anilines is 2. The first-order valence-electron chi connectivity index (χ1n) is 8.01. The van der Waals surface area contributed by atoms with Gasteiger partial charge in [-0.25, -0.2) is 24.7 Å². The van der Waals surface area contributed by atoms with Gasteiger partial charge in [0, 0.05) is 12.5 Å². The molecule has 124 valence electrons. The molecule has 0 bridgehead atoms. The Kier molecular flexibility index (Phi) is 3.81. The highest BCUT2D eigenvalue weighted by Crippen LogP contribution is 2.44. The summed E-state index contributed by atoms with van der Waals surface area (Å²) in [5.74, 6) is -0.612. The van der Waals surface area contributed by atoms with E-state index in [1.165, 1.54) is 6.33 Å². The third kappa shape index (κ3) is 2.92. The van der Waals surface area contributed by atoms with Crippen LogP contribution in [0, 0.1) is 0 Å². The van der Waals surface area contributed by atoms with E-state index in [-0.39, 0.29) is 17.6 Å². The van der Waals surface area contributed by atoms with Crippen molar-refractivity contribution in [1.82, 2.24) is 19.9 Å². The summed E-state index contributed by atoms with van der Waals surface area (Å²) >= 11 is 0. The predicted octanol–water partition coefficient (Wildman–Crippen LogP) is 2.44. The number of carbonyl (C=O) groups is 1. The van der Waals surface area contributed by atoms with Gasteiger partial charge < -0.3 is 15.2 Å². The number of hydrogen-bond acceptors (Lipinski definition) is 7. The van der Waals surface area contributed by atoms with Crippen molar-refractivity contribution in [2.24, 2.45) is 0 Å². The first-order chi connectivity index (χ1) is 11.7. The number of ether oxygens (including phenoxy) is 1. The van der Waals surface area contributed by atoms with Crippen LogP contribution in [0.25, 0.3) is 0 Å². The molecule has 24 heavy (non-hydrogen) atoms. The Hall–Kier alpha value is -2.61. The number of rotatable bonds is 5. The Labute approximate surface area is 138 Å². The van der Waals surface area contributed by atoms with Gasteiger partial charge >= 0.3 is 5.97 Å². The molecule has 1 aliphatic carbocycles. The number of aromatic nitrogens is 4. The second kappa shape index (κ2) is 6.12. The van der Waals surface area contributed by atoms with Crippen LogP contribution in [-0.4, -0.2) is 37.6 Å². The van der Waals surface area contributed by atoms with Crippen LogP contribution in [-0.2, 0) is 4.74 Å². The molecule has 2 aliphatic rings. The maximum absolute atomic E-state index is 11.6. The van der Waals surface area contributed by atoms with E-state index in [4.69, 9.17) is 4.74 Å². The van der Waals surface area contributed by atoms with E-state index in [0.29, 0.717) is 18.2 Å². The van der Waals surface area contributed by atoms with Gasteiger partial charge in [0.05, 0.1) is 29.5 Å². The molecule has 1 unspecified atom stereocenters. The van der Waals surface area contributed by atoms with Crippen molar-refractivity contribution >= 4 is 17.5 Å². The molecule has 1 saturated carbocycles. The maximum Gasteiger partial charge on any atom is 0.358 e. The van der Waals surface area contributed by atoms with Crippen LogP contribution < -0.4 is 5.32 Å². The van der Waals surface area contributed by atoms with Gasteiger partial charge in [-0.3, -0.25) is 0 Å². The second-order valence-corrected chi connectivity index (χ2v) is 6.02. The summed E-state index contributed by atoms with van der Waals surface area (Å²) in [4.78, 5) is 28.5. The number of nitrogens with one attached hydrogen (secondary N) is 1. The van der Waals surface area contributed by atoms with E-state index < -0.39 is 5.97 Å². The van der Waals surface area contributed by atoms with Gasteiger partial charge in [0.25, 0.3) is 0 Å². The molecule has 1 atom stereocenters.